The molecule has 1 amide bonds. The molecule has 0 N–H and O–H groups in total. The van der Waals surface area contributed by atoms with Gasteiger partial charge < -0.3 is 4.90 Å². The smallest absolute Gasteiger partial charge is 0.236 e. The number of nitrogens with zero attached hydrogens (tertiary/aromatic N) is 2. The van der Waals surface area contributed by atoms with E-state index in [4.69, 9.17) is 0 Å². The predicted molar refractivity (Wildman–Crippen MR) is 84.6 cm³/mol. The summed E-state index contributed by atoms with van der Waals surface area (Å²) in [4.78, 5) is 16.1. The molecule has 1 aromatic carbocycles. The van der Waals surface area contributed by atoms with Crippen molar-refractivity contribution in [2.75, 3.05) is 26.7 Å². The summed E-state index contributed by atoms with van der Waals surface area (Å²) in [5, 5.41) is 0. The summed E-state index contributed by atoms with van der Waals surface area (Å²) in [5.41, 5.74) is 0.659. The molecule has 124 valence electrons. The largest absolute Gasteiger partial charge is 0.342 e. The first-order chi connectivity index (χ1) is 10.4. The van der Waals surface area contributed by atoms with Crippen molar-refractivity contribution in [2.24, 2.45) is 0 Å². The number of carbonyl (C=O) groups excluding carboxylic acids is 1. The van der Waals surface area contributed by atoms with E-state index in [1.54, 1.807) is 6.07 Å². The molecule has 5 heteroatoms. The Morgan fingerprint density at radius 3 is 2.23 bits per heavy atom. The van der Waals surface area contributed by atoms with E-state index in [0.717, 1.165) is 32.0 Å². The molecule has 1 rings (SSSR count). The third-order valence-corrected chi connectivity index (χ3v) is 3.81. The van der Waals surface area contributed by atoms with Crippen LogP contribution >= 0.6 is 0 Å². The molecular formula is C17H26F2N2O. The van der Waals surface area contributed by atoms with Crippen LogP contribution in [0.2, 0.25) is 0 Å². The van der Waals surface area contributed by atoms with Crippen LogP contribution < -0.4 is 0 Å². The van der Waals surface area contributed by atoms with Crippen molar-refractivity contribution >= 4 is 5.91 Å². The van der Waals surface area contributed by atoms with E-state index >= 15 is 0 Å². The molecule has 0 fully saturated rings. The SMILES string of the molecule is CCCN(CCC)C(=O)CN(C)C(C)c1ccc(F)c(F)c1. The Bertz CT molecular complexity index is 488. The minimum atomic E-state index is -0.859. The molecule has 0 radical (unpaired) electrons. The van der Waals surface area contributed by atoms with Crippen LogP contribution in [0.5, 0.6) is 0 Å². The zero-order valence-electron chi connectivity index (χ0n) is 13.9. The fraction of sp³-hybridized carbons (Fsp3) is 0.588. The Hall–Kier alpha value is -1.49. The molecule has 0 aromatic heterocycles. The summed E-state index contributed by atoms with van der Waals surface area (Å²) < 4.78 is 26.3. The monoisotopic (exact) mass is 312 g/mol. The molecule has 0 heterocycles. The van der Waals surface area contributed by atoms with Crippen molar-refractivity contribution < 1.29 is 13.6 Å². The molecule has 0 saturated carbocycles. The standard InChI is InChI=1S/C17H26F2N2O/c1-5-9-21(10-6-2)17(22)12-20(4)13(3)14-7-8-15(18)16(19)11-14/h7-8,11,13H,5-6,9-10,12H2,1-4H3. The van der Waals surface area contributed by atoms with Crippen molar-refractivity contribution in [3.63, 3.8) is 0 Å². The molecule has 0 aliphatic rings. The highest BCUT2D eigenvalue weighted by Crippen LogP contribution is 2.20. The quantitative estimate of drug-likeness (QED) is 0.732. The Balaban J connectivity index is 2.71. The van der Waals surface area contributed by atoms with Crippen molar-refractivity contribution in [3.05, 3.63) is 35.4 Å². The molecule has 0 aliphatic heterocycles. The van der Waals surface area contributed by atoms with Gasteiger partial charge in [0.1, 0.15) is 0 Å². The third kappa shape index (κ3) is 5.05. The fourth-order valence-electron chi connectivity index (χ4n) is 2.38. The maximum absolute atomic E-state index is 13.3. The van der Waals surface area contributed by atoms with E-state index in [1.807, 2.05) is 37.6 Å². The number of halogens is 2. The van der Waals surface area contributed by atoms with Gasteiger partial charge in [0, 0.05) is 19.1 Å². The molecule has 1 aromatic rings. The second-order valence-electron chi connectivity index (χ2n) is 5.65. The molecule has 0 saturated heterocycles. The molecule has 0 spiro atoms. The highest BCUT2D eigenvalue weighted by Gasteiger charge is 2.19. The van der Waals surface area contributed by atoms with Crippen LogP contribution in [-0.2, 0) is 4.79 Å². The van der Waals surface area contributed by atoms with Crippen LogP contribution in [0.4, 0.5) is 8.78 Å². The van der Waals surface area contributed by atoms with Gasteiger partial charge in [-0.05, 0) is 44.5 Å². The number of carbonyl (C=O) groups is 1. The molecule has 1 unspecified atom stereocenters. The van der Waals surface area contributed by atoms with E-state index in [-0.39, 0.29) is 18.5 Å². The van der Waals surface area contributed by atoms with Crippen LogP contribution in [0.1, 0.15) is 45.2 Å². The Morgan fingerprint density at radius 1 is 1.14 bits per heavy atom. The van der Waals surface area contributed by atoms with Gasteiger partial charge in [0.05, 0.1) is 6.54 Å². The van der Waals surface area contributed by atoms with Crippen molar-refractivity contribution in [1.29, 1.82) is 0 Å². The Labute approximate surface area is 131 Å². The second-order valence-corrected chi connectivity index (χ2v) is 5.65. The summed E-state index contributed by atoms with van der Waals surface area (Å²) in [5.74, 6) is -1.64. The minimum absolute atomic E-state index is 0.0700. The number of benzene rings is 1. The lowest BCUT2D eigenvalue weighted by Crippen LogP contribution is -2.40. The van der Waals surface area contributed by atoms with E-state index in [2.05, 4.69) is 0 Å². The summed E-state index contributed by atoms with van der Waals surface area (Å²) in [6.07, 6.45) is 1.85. The minimum Gasteiger partial charge on any atom is -0.342 e. The van der Waals surface area contributed by atoms with Gasteiger partial charge in [0.25, 0.3) is 0 Å². The number of hydrogen-bond acceptors (Lipinski definition) is 2. The van der Waals surface area contributed by atoms with Crippen LogP contribution in [0.15, 0.2) is 18.2 Å². The normalized spacial score (nSPS) is 12.5. The van der Waals surface area contributed by atoms with Crippen LogP contribution in [0, 0.1) is 11.6 Å². The van der Waals surface area contributed by atoms with Gasteiger partial charge in [-0.2, -0.15) is 0 Å². The van der Waals surface area contributed by atoms with Gasteiger partial charge in [0.2, 0.25) is 5.91 Å². The fourth-order valence-corrected chi connectivity index (χ4v) is 2.38. The summed E-state index contributed by atoms with van der Waals surface area (Å²) in [6, 6.07) is 3.71. The maximum atomic E-state index is 13.3. The van der Waals surface area contributed by atoms with Crippen molar-refractivity contribution in [1.82, 2.24) is 9.80 Å². The lowest BCUT2D eigenvalue weighted by Gasteiger charge is -2.28. The van der Waals surface area contributed by atoms with Gasteiger partial charge in [-0.15, -0.1) is 0 Å². The topological polar surface area (TPSA) is 23.6 Å². The highest BCUT2D eigenvalue weighted by molar-refractivity contribution is 5.78. The lowest BCUT2D eigenvalue weighted by molar-refractivity contribution is -0.132. The summed E-state index contributed by atoms with van der Waals surface area (Å²) in [6.45, 7) is 7.73. The van der Waals surface area contributed by atoms with Gasteiger partial charge in [-0.25, -0.2) is 8.78 Å². The molecular weight excluding hydrogens is 286 g/mol. The average Bonchev–Trinajstić information content (AvgIpc) is 2.49. The predicted octanol–water partition coefficient (Wildman–Crippen LogP) is 3.61. The van der Waals surface area contributed by atoms with E-state index in [0.29, 0.717) is 5.56 Å². The first kappa shape index (κ1) is 18.6. The maximum Gasteiger partial charge on any atom is 0.236 e. The van der Waals surface area contributed by atoms with Gasteiger partial charge in [-0.3, -0.25) is 9.69 Å². The molecule has 22 heavy (non-hydrogen) atoms. The molecule has 1 atom stereocenters. The lowest BCUT2D eigenvalue weighted by atomic mass is 10.1. The van der Waals surface area contributed by atoms with Gasteiger partial charge in [0.15, 0.2) is 11.6 Å². The molecule has 0 bridgehead atoms. The zero-order chi connectivity index (χ0) is 16.7. The van der Waals surface area contributed by atoms with E-state index in [9.17, 15) is 13.6 Å². The molecule has 3 nitrogen and oxygen atoms in total. The summed E-state index contributed by atoms with van der Waals surface area (Å²) in [7, 11) is 1.82. The highest BCUT2D eigenvalue weighted by atomic mass is 19.2. The number of likely N-dealkylation sites (N-methyl/N-ethyl adjacent to an activating group) is 1. The van der Waals surface area contributed by atoms with Gasteiger partial charge in [-0.1, -0.05) is 19.9 Å². The van der Waals surface area contributed by atoms with Crippen LogP contribution in [0.3, 0.4) is 0 Å². The Morgan fingerprint density at radius 2 is 1.73 bits per heavy atom. The summed E-state index contributed by atoms with van der Waals surface area (Å²) >= 11 is 0. The van der Waals surface area contributed by atoms with Crippen LogP contribution in [-0.4, -0.2) is 42.4 Å². The van der Waals surface area contributed by atoms with E-state index < -0.39 is 11.6 Å². The number of hydrogen-bond donors (Lipinski definition) is 0. The number of amides is 1. The molecule has 0 aliphatic carbocycles. The first-order valence-electron chi connectivity index (χ1n) is 7.83. The van der Waals surface area contributed by atoms with Crippen molar-refractivity contribution in [3.8, 4) is 0 Å². The third-order valence-electron chi connectivity index (χ3n) is 3.81. The van der Waals surface area contributed by atoms with Crippen LogP contribution in [0.25, 0.3) is 0 Å². The van der Waals surface area contributed by atoms with Crippen molar-refractivity contribution in [2.45, 2.75) is 39.7 Å². The van der Waals surface area contributed by atoms with Gasteiger partial charge >= 0.3 is 0 Å². The second kappa shape index (κ2) is 8.83. The Kier molecular flexibility index (Phi) is 7.45. The zero-order valence-corrected chi connectivity index (χ0v) is 13.9. The number of rotatable bonds is 8. The first-order valence-corrected chi connectivity index (χ1v) is 7.83. The average molecular weight is 312 g/mol. The van der Waals surface area contributed by atoms with E-state index in [1.165, 1.54) is 6.07 Å².